The lowest BCUT2D eigenvalue weighted by atomic mass is 10.3. The van der Waals surface area contributed by atoms with Crippen molar-refractivity contribution in [3.8, 4) is 0 Å². The lowest BCUT2D eigenvalue weighted by Crippen LogP contribution is -2.16. The Morgan fingerprint density at radius 3 is 3.15 bits per heavy atom. The van der Waals surface area contributed by atoms with Crippen LogP contribution in [0.25, 0.3) is 11.0 Å². The van der Waals surface area contributed by atoms with Crippen LogP contribution in [0.1, 0.15) is 0 Å². The Morgan fingerprint density at radius 2 is 2.31 bits per heavy atom. The van der Waals surface area contributed by atoms with Crippen LogP contribution in [-0.4, -0.2) is 20.5 Å². The first-order valence-electron chi connectivity index (χ1n) is 3.80. The molecule has 2 aromatic rings. The molecule has 5 heteroatoms. The van der Waals surface area contributed by atoms with E-state index in [0.29, 0.717) is 6.67 Å². The second-order valence-electron chi connectivity index (χ2n) is 2.51. The van der Waals surface area contributed by atoms with Gasteiger partial charge in [-0.3, -0.25) is 0 Å². The smallest absolute Gasteiger partial charge is 0.135 e. The Morgan fingerprint density at radius 1 is 1.46 bits per heavy atom. The molecule has 0 atom stereocenters. The van der Waals surface area contributed by atoms with E-state index in [1.54, 1.807) is 4.68 Å². The highest BCUT2D eigenvalue weighted by Crippen LogP contribution is 2.08. The van der Waals surface area contributed by atoms with Crippen LogP contribution in [0.15, 0.2) is 24.3 Å². The van der Waals surface area contributed by atoms with Gasteiger partial charge in [0.15, 0.2) is 0 Å². The first-order chi connectivity index (χ1) is 6.42. The van der Waals surface area contributed by atoms with Gasteiger partial charge in [-0.15, -0.1) is 5.10 Å². The maximum Gasteiger partial charge on any atom is 0.135 e. The molecular weight excluding hydrogens is 184 g/mol. The average molecular weight is 191 g/mol. The monoisotopic (exact) mass is 191 g/mol. The summed E-state index contributed by atoms with van der Waals surface area (Å²) < 4.78 is 1.73. The molecule has 4 nitrogen and oxygen atoms in total. The summed E-state index contributed by atoms with van der Waals surface area (Å²) in [6.07, 6.45) is 0. The molecule has 1 aromatic carbocycles. The third-order valence-electron chi connectivity index (χ3n) is 1.72. The van der Waals surface area contributed by atoms with Crippen LogP contribution in [-0.2, 0) is 6.67 Å². The van der Waals surface area contributed by atoms with E-state index in [9.17, 15) is 0 Å². The van der Waals surface area contributed by atoms with Gasteiger partial charge in [0, 0.05) is 0 Å². The minimum Gasteiger partial charge on any atom is -0.355 e. The molecule has 2 rings (SSSR count). The fourth-order valence-corrected chi connectivity index (χ4v) is 1.21. The van der Waals surface area contributed by atoms with Gasteiger partial charge in [-0.25, -0.2) is 4.68 Å². The van der Waals surface area contributed by atoms with E-state index in [1.807, 2.05) is 24.3 Å². The van der Waals surface area contributed by atoms with Gasteiger partial charge < -0.3 is 5.32 Å². The maximum atomic E-state index is 4.53. The fraction of sp³-hybridized carbons (Fsp3) is 0.125. The van der Waals surface area contributed by atoms with Crippen LogP contribution in [0.5, 0.6) is 0 Å². The lowest BCUT2D eigenvalue weighted by Gasteiger charge is -1.98. The molecule has 0 aliphatic carbocycles. The number of benzene rings is 1. The van der Waals surface area contributed by atoms with Gasteiger partial charge in [0.1, 0.15) is 17.7 Å². The molecule has 1 aromatic heterocycles. The predicted octanol–water partition coefficient (Wildman–Crippen LogP) is 0.813. The maximum absolute atomic E-state index is 4.53. The van der Waals surface area contributed by atoms with Crippen LogP contribution in [0.3, 0.4) is 0 Å². The van der Waals surface area contributed by atoms with E-state index in [0.717, 1.165) is 11.0 Å². The Balaban J connectivity index is 2.40. The molecule has 0 fully saturated rings. The molecule has 1 radical (unpaired) electrons. The van der Waals surface area contributed by atoms with E-state index < -0.39 is 0 Å². The third kappa shape index (κ3) is 1.50. The second-order valence-corrected chi connectivity index (χ2v) is 2.72. The Hall–Kier alpha value is -1.49. The molecule has 0 bridgehead atoms. The van der Waals surface area contributed by atoms with Crippen molar-refractivity contribution in [3.05, 3.63) is 24.3 Å². The normalized spacial score (nSPS) is 10.2. The molecule has 1 N–H and O–H groups in total. The van der Waals surface area contributed by atoms with E-state index in [4.69, 9.17) is 0 Å². The summed E-state index contributed by atoms with van der Waals surface area (Å²) in [7, 11) is 0. The SMILES string of the molecule is S=[C]NCn1nnc2ccccc21. The summed E-state index contributed by atoms with van der Waals surface area (Å²) in [6, 6.07) is 7.75. The Labute approximate surface area is 80.5 Å². The molecule has 0 spiro atoms. The quantitative estimate of drug-likeness (QED) is 0.576. The number of rotatable bonds is 3. The summed E-state index contributed by atoms with van der Waals surface area (Å²) in [5, 5.41) is 10.7. The number of nitrogens with zero attached hydrogens (tertiary/aromatic N) is 3. The molecule has 1 heterocycles. The van der Waals surface area contributed by atoms with Gasteiger partial charge >= 0.3 is 0 Å². The molecular formula is C8H7N4S. The molecule has 0 saturated carbocycles. The topological polar surface area (TPSA) is 42.7 Å². The van der Waals surface area contributed by atoms with Crippen molar-refractivity contribution >= 4 is 28.7 Å². The number of hydrogen-bond donors (Lipinski definition) is 1. The van der Waals surface area contributed by atoms with Gasteiger partial charge in [0.2, 0.25) is 0 Å². The minimum atomic E-state index is 0.504. The van der Waals surface area contributed by atoms with Crippen molar-refractivity contribution in [3.63, 3.8) is 0 Å². The second kappa shape index (κ2) is 3.49. The zero-order chi connectivity index (χ0) is 9.10. The van der Waals surface area contributed by atoms with Crippen LogP contribution < -0.4 is 5.32 Å². The molecule has 0 aliphatic rings. The molecule has 65 valence electrons. The Bertz CT molecular complexity index is 423. The summed E-state index contributed by atoms with van der Waals surface area (Å²) in [4.78, 5) is 0. The molecule has 0 saturated heterocycles. The first kappa shape index (κ1) is 8.12. The van der Waals surface area contributed by atoms with Gasteiger partial charge in [-0.2, -0.15) is 0 Å². The highest BCUT2D eigenvalue weighted by Gasteiger charge is 2.00. The van der Waals surface area contributed by atoms with E-state index in [-0.39, 0.29) is 0 Å². The highest BCUT2D eigenvalue weighted by molar-refractivity contribution is 7.78. The predicted molar refractivity (Wildman–Crippen MR) is 53.3 cm³/mol. The number of hydrogen-bond acceptors (Lipinski definition) is 3. The minimum absolute atomic E-state index is 0.504. The van der Waals surface area contributed by atoms with Gasteiger partial charge in [0.25, 0.3) is 0 Å². The van der Waals surface area contributed by atoms with Crippen molar-refractivity contribution in [2.45, 2.75) is 6.67 Å². The standard InChI is InChI=1S/C8H7N4S/c13-6-9-5-12-8-4-2-1-3-7(8)10-11-12/h1-4H,5H2,(H,9,13). The van der Waals surface area contributed by atoms with Crippen LogP contribution in [0.4, 0.5) is 0 Å². The summed E-state index contributed by atoms with van der Waals surface area (Å²) in [6.45, 7) is 0.504. The van der Waals surface area contributed by atoms with Crippen molar-refractivity contribution in [2.75, 3.05) is 0 Å². The van der Waals surface area contributed by atoms with Gasteiger partial charge in [0.05, 0.1) is 5.52 Å². The molecule has 0 aliphatic heterocycles. The summed E-state index contributed by atoms with van der Waals surface area (Å²) >= 11 is 4.53. The Kier molecular flexibility index (Phi) is 2.18. The first-order valence-corrected chi connectivity index (χ1v) is 4.21. The van der Waals surface area contributed by atoms with Gasteiger partial charge in [-0.05, 0) is 12.1 Å². The van der Waals surface area contributed by atoms with E-state index >= 15 is 0 Å². The average Bonchev–Trinajstić information content (AvgIpc) is 2.58. The van der Waals surface area contributed by atoms with Gasteiger partial charge in [-0.1, -0.05) is 29.6 Å². The lowest BCUT2D eigenvalue weighted by molar-refractivity contribution is 0.590. The van der Waals surface area contributed by atoms with Crippen LogP contribution >= 0.6 is 12.2 Å². The number of fused-ring (bicyclic) bond motifs is 1. The number of para-hydroxylation sites is 1. The molecule has 0 amide bonds. The van der Waals surface area contributed by atoms with Crippen LogP contribution in [0, 0.1) is 0 Å². The number of aromatic nitrogens is 3. The van der Waals surface area contributed by atoms with Crippen molar-refractivity contribution in [1.82, 2.24) is 20.3 Å². The zero-order valence-electron chi connectivity index (χ0n) is 6.77. The van der Waals surface area contributed by atoms with Crippen molar-refractivity contribution in [1.29, 1.82) is 0 Å². The molecule has 13 heavy (non-hydrogen) atoms. The fourth-order valence-electron chi connectivity index (χ4n) is 1.14. The molecule has 0 unspecified atom stereocenters. The van der Waals surface area contributed by atoms with E-state index in [1.165, 1.54) is 0 Å². The zero-order valence-corrected chi connectivity index (χ0v) is 7.58. The van der Waals surface area contributed by atoms with Crippen molar-refractivity contribution < 1.29 is 0 Å². The van der Waals surface area contributed by atoms with E-state index in [2.05, 4.69) is 33.3 Å². The number of nitrogens with one attached hydrogen (secondary N) is 1. The van der Waals surface area contributed by atoms with Crippen LogP contribution in [0.2, 0.25) is 0 Å². The summed E-state index contributed by atoms with van der Waals surface area (Å²) in [5.41, 5.74) is 4.28. The third-order valence-corrected chi connectivity index (χ3v) is 1.87. The highest BCUT2D eigenvalue weighted by atomic mass is 32.1. The van der Waals surface area contributed by atoms with Crippen molar-refractivity contribution in [2.24, 2.45) is 0 Å². The summed E-state index contributed by atoms with van der Waals surface area (Å²) in [5.74, 6) is 0. The largest absolute Gasteiger partial charge is 0.355 e. The number of thiocarbonyl (C=S) groups is 1.